The van der Waals surface area contributed by atoms with Crippen molar-refractivity contribution in [3.05, 3.63) is 59.2 Å². The summed E-state index contributed by atoms with van der Waals surface area (Å²) in [5.41, 5.74) is 2.95. The van der Waals surface area contributed by atoms with Gasteiger partial charge in [-0.3, -0.25) is 4.79 Å². The highest BCUT2D eigenvalue weighted by Crippen LogP contribution is 2.39. The molecule has 1 aliphatic rings. The van der Waals surface area contributed by atoms with Gasteiger partial charge in [0.2, 0.25) is 0 Å². The van der Waals surface area contributed by atoms with Crippen LogP contribution in [0.15, 0.2) is 42.5 Å². The first-order valence-electron chi connectivity index (χ1n) is 7.09. The van der Waals surface area contributed by atoms with Crippen molar-refractivity contribution in [2.75, 3.05) is 13.7 Å². The quantitative estimate of drug-likeness (QED) is 0.803. The standard InChI is InChI=1S/C18H18O3/c1-12(19)15-7-5-9-17-18(15)14(11-21-17)10-13-6-3-4-8-16(13)20-2/h3-9,14H,10-11H2,1-2H3/t14-/m1/s1. The zero-order valence-corrected chi connectivity index (χ0v) is 12.3. The zero-order valence-electron chi connectivity index (χ0n) is 12.3. The molecule has 108 valence electrons. The maximum absolute atomic E-state index is 11.8. The molecule has 0 saturated heterocycles. The number of hydrogen-bond acceptors (Lipinski definition) is 3. The molecule has 0 aromatic heterocycles. The molecule has 3 nitrogen and oxygen atoms in total. The van der Waals surface area contributed by atoms with E-state index in [-0.39, 0.29) is 11.7 Å². The largest absolute Gasteiger partial charge is 0.496 e. The normalized spacial score (nSPS) is 16.2. The average Bonchev–Trinajstić information content (AvgIpc) is 2.91. The Morgan fingerprint density at radius 3 is 2.81 bits per heavy atom. The van der Waals surface area contributed by atoms with Crippen LogP contribution >= 0.6 is 0 Å². The Morgan fingerprint density at radius 2 is 2.05 bits per heavy atom. The Hall–Kier alpha value is -2.29. The van der Waals surface area contributed by atoms with Crippen molar-refractivity contribution >= 4 is 5.78 Å². The van der Waals surface area contributed by atoms with Crippen LogP contribution in [-0.2, 0) is 6.42 Å². The van der Waals surface area contributed by atoms with Crippen LogP contribution in [0.5, 0.6) is 11.5 Å². The zero-order chi connectivity index (χ0) is 14.8. The summed E-state index contributed by atoms with van der Waals surface area (Å²) in [5.74, 6) is 1.99. The molecule has 0 bridgehead atoms. The van der Waals surface area contributed by atoms with Crippen LogP contribution in [0, 0.1) is 0 Å². The van der Waals surface area contributed by atoms with E-state index >= 15 is 0 Å². The lowest BCUT2D eigenvalue weighted by atomic mass is 9.89. The molecule has 0 N–H and O–H groups in total. The first-order chi connectivity index (χ1) is 10.2. The highest BCUT2D eigenvalue weighted by molar-refractivity contribution is 5.96. The third-order valence-electron chi connectivity index (χ3n) is 3.95. The molecule has 0 radical (unpaired) electrons. The fourth-order valence-electron chi connectivity index (χ4n) is 2.97. The van der Waals surface area contributed by atoms with Crippen LogP contribution in [0.2, 0.25) is 0 Å². The van der Waals surface area contributed by atoms with Gasteiger partial charge >= 0.3 is 0 Å². The lowest BCUT2D eigenvalue weighted by Crippen LogP contribution is -2.08. The maximum Gasteiger partial charge on any atom is 0.160 e. The third kappa shape index (κ3) is 2.51. The van der Waals surface area contributed by atoms with Gasteiger partial charge in [-0.15, -0.1) is 0 Å². The van der Waals surface area contributed by atoms with E-state index in [9.17, 15) is 4.79 Å². The van der Waals surface area contributed by atoms with Gasteiger partial charge in [-0.2, -0.15) is 0 Å². The van der Waals surface area contributed by atoms with Crippen molar-refractivity contribution in [2.24, 2.45) is 0 Å². The van der Waals surface area contributed by atoms with Gasteiger partial charge < -0.3 is 9.47 Å². The van der Waals surface area contributed by atoms with Crippen molar-refractivity contribution < 1.29 is 14.3 Å². The SMILES string of the molecule is COc1ccccc1C[C@@H]1COc2cccc(C(C)=O)c21. The summed E-state index contributed by atoms with van der Waals surface area (Å²) in [6.07, 6.45) is 0.807. The van der Waals surface area contributed by atoms with E-state index in [1.165, 1.54) is 0 Å². The Morgan fingerprint density at radius 1 is 1.24 bits per heavy atom. The number of para-hydroxylation sites is 1. The van der Waals surface area contributed by atoms with E-state index in [0.29, 0.717) is 6.61 Å². The molecule has 0 amide bonds. The number of carbonyl (C=O) groups excluding carboxylic acids is 1. The molecule has 2 aromatic carbocycles. The molecular formula is C18H18O3. The van der Waals surface area contributed by atoms with Crippen LogP contribution in [0.25, 0.3) is 0 Å². The first kappa shape index (κ1) is 13.7. The molecule has 1 heterocycles. The summed E-state index contributed by atoms with van der Waals surface area (Å²) in [5, 5.41) is 0. The van der Waals surface area contributed by atoms with Crippen LogP contribution in [-0.4, -0.2) is 19.5 Å². The Bertz CT molecular complexity index is 676. The Kier molecular flexibility index (Phi) is 3.65. The van der Waals surface area contributed by atoms with E-state index in [1.54, 1.807) is 14.0 Å². The number of hydrogen-bond donors (Lipinski definition) is 0. The Labute approximate surface area is 124 Å². The maximum atomic E-state index is 11.8. The second-order valence-corrected chi connectivity index (χ2v) is 5.30. The summed E-state index contributed by atoms with van der Waals surface area (Å²) in [7, 11) is 1.68. The van der Waals surface area contributed by atoms with Crippen molar-refractivity contribution in [3.63, 3.8) is 0 Å². The van der Waals surface area contributed by atoms with Gasteiger partial charge in [0.25, 0.3) is 0 Å². The second-order valence-electron chi connectivity index (χ2n) is 5.30. The molecule has 1 atom stereocenters. The lowest BCUT2D eigenvalue weighted by molar-refractivity contribution is 0.101. The molecule has 0 saturated carbocycles. The lowest BCUT2D eigenvalue weighted by Gasteiger charge is -2.14. The predicted octanol–water partition coefficient (Wildman–Crippen LogP) is 3.62. The molecule has 0 aliphatic carbocycles. The summed E-state index contributed by atoms with van der Waals surface area (Å²) >= 11 is 0. The fourth-order valence-corrected chi connectivity index (χ4v) is 2.97. The minimum absolute atomic E-state index is 0.0855. The van der Waals surface area contributed by atoms with Crippen molar-refractivity contribution in [3.8, 4) is 11.5 Å². The molecule has 3 heteroatoms. The van der Waals surface area contributed by atoms with Gasteiger partial charge in [-0.25, -0.2) is 0 Å². The third-order valence-corrected chi connectivity index (χ3v) is 3.95. The van der Waals surface area contributed by atoms with Crippen LogP contribution < -0.4 is 9.47 Å². The van der Waals surface area contributed by atoms with Crippen molar-refractivity contribution in [2.45, 2.75) is 19.3 Å². The number of ether oxygens (including phenoxy) is 2. The van der Waals surface area contributed by atoms with E-state index in [2.05, 4.69) is 6.07 Å². The van der Waals surface area contributed by atoms with E-state index in [1.807, 2.05) is 36.4 Å². The molecule has 1 aliphatic heterocycles. The number of ketones is 1. The number of rotatable bonds is 4. The van der Waals surface area contributed by atoms with E-state index in [4.69, 9.17) is 9.47 Å². The number of fused-ring (bicyclic) bond motifs is 1. The van der Waals surface area contributed by atoms with Crippen molar-refractivity contribution in [1.82, 2.24) is 0 Å². The van der Waals surface area contributed by atoms with Gasteiger partial charge in [-0.1, -0.05) is 30.3 Å². The van der Waals surface area contributed by atoms with E-state index < -0.39 is 0 Å². The summed E-state index contributed by atoms with van der Waals surface area (Å²) in [6.45, 7) is 2.21. The number of benzene rings is 2. The summed E-state index contributed by atoms with van der Waals surface area (Å²) in [6, 6.07) is 13.7. The number of methoxy groups -OCH3 is 1. The molecular weight excluding hydrogens is 264 g/mol. The summed E-state index contributed by atoms with van der Waals surface area (Å²) in [4.78, 5) is 11.8. The fraction of sp³-hybridized carbons (Fsp3) is 0.278. The second kappa shape index (κ2) is 5.60. The molecule has 2 aromatic rings. The Balaban J connectivity index is 1.96. The molecule has 21 heavy (non-hydrogen) atoms. The highest BCUT2D eigenvalue weighted by Gasteiger charge is 2.29. The molecule has 0 unspecified atom stereocenters. The molecule has 0 fully saturated rings. The van der Waals surface area contributed by atoms with Crippen LogP contribution in [0.3, 0.4) is 0 Å². The van der Waals surface area contributed by atoms with Crippen LogP contribution in [0.1, 0.15) is 34.3 Å². The smallest absolute Gasteiger partial charge is 0.160 e. The highest BCUT2D eigenvalue weighted by atomic mass is 16.5. The minimum Gasteiger partial charge on any atom is -0.496 e. The molecule has 0 spiro atoms. The summed E-state index contributed by atoms with van der Waals surface area (Å²) < 4.78 is 11.2. The minimum atomic E-state index is 0.0855. The first-order valence-corrected chi connectivity index (χ1v) is 7.09. The van der Waals surface area contributed by atoms with Gasteiger partial charge in [0.05, 0.1) is 13.7 Å². The van der Waals surface area contributed by atoms with Gasteiger partial charge in [0.1, 0.15) is 11.5 Å². The number of carbonyl (C=O) groups is 1. The molecule has 3 rings (SSSR count). The topological polar surface area (TPSA) is 35.5 Å². The van der Waals surface area contributed by atoms with Gasteiger partial charge in [0, 0.05) is 17.0 Å². The van der Waals surface area contributed by atoms with E-state index in [0.717, 1.165) is 34.6 Å². The van der Waals surface area contributed by atoms with Gasteiger partial charge in [0.15, 0.2) is 5.78 Å². The predicted molar refractivity (Wildman–Crippen MR) is 81.4 cm³/mol. The average molecular weight is 282 g/mol. The number of Topliss-reactive ketones (excluding diaryl/α,β-unsaturated/α-hetero) is 1. The van der Waals surface area contributed by atoms with Crippen molar-refractivity contribution in [1.29, 1.82) is 0 Å². The van der Waals surface area contributed by atoms with Crippen LogP contribution in [0.4, 0.5) is 0 Å². The van der Waals surface area contributed by atoms with Gasteiger partial charge in [-0.05, 0) is 31.0 Å². The monoisotopic (exact) mass is 282 g/mol.